The van der Waals surface area contributed by atoms with E-state index in [2.05, 4.69) is 33.9 Å². The predicted octanol–water partition coefficient (Wildman–Crippen LogP) is 2.13. The average molecular weight is 281 g/mol. The Kier molecular flexibility index (Phi) is 4.73. The normalized spacial score (nSPS) is 10.8. The highest BCUT2D eigenvalue weighted by Crippen LogP contribution is 2.14. The summed E-state index contributed by atoms with van der Waals surface area (Å²) in [6.45, 7) is 5.92. The van der Waals surface area contributed by atoms with Gasteiger partial charge in [-0.05, 0) is 31.8 Å². The van der Waals surface area contributed by atoms with Crippen molar-refractivity contribution in [3.05, 3.63) is 17.0 Å². The standard InChI is InChI=1S/C12H19N5OS/c1-3-17(4-2)12-15-10(18-16-12)7-5-6-9-8-19-11(13)14-9/h8H,3-7H2,1-2H3,(H2,13,14). The minimum atomic E-state index is 0.622. The zero-order valence-electron chi connectivity index (χ0n) is 11.3. The SMILES string of the molecule is CCN(CC)c1noc(CCCc2csc(N)n2)n1. The fourth-order valence-electron chi connectivity index (χ4n) is 1.84. The molecule has 2 heterocycles. The summed E-state index contributed by atoms with van der Waals surface area (Å²) in [7, 11) is 0. The quantitative estimate of drug-likeness (QED) is 0.837. The van der Waals surface area contributed by atoms with Gasteiger partial charge in [0.2, 0.25) is 5.89 Å². The first-order chi connectivity index (χ1) is 9.22. The summed E-state index contributed by atoms with van der Waals surface area (Å²) in [4.78, 5) is 10.7. The first kappa shape index (κ1) is 13.8. The summed E-state index contributed by atoms with van der Waals surface area (Å²) in [5.74, 6) is 1.36. The van der Waals surface area contributed by atoms with E-state index in [1.807, 2.05) is 5.38 Å². The van der Waals surface area contributed by atoms with Crippen LogP contribution in [0.1, 0.15) is 31.9 Å². The van der Waals surface area contributed by atoms with E-state index in [1.165, 1.54) is 11.3 Å². The predicted molar refractivity (Wildman–Crippen MR) is 76.4 cm³/mol. The molecule has 6 nitrogen and oxygen atoms in total. The molecule has 2 aromatic rings. The maximum Gasteiger partial charge on any atom is 0.266 e. The fourth-order valence-corrected chi connectivity index (χ4v) is 2.44. The Labute approximate surface area is 116 Å². The molecule has 0 spiro atoms. The maximum absolute atomic E-state index is 5.59. The van der Waals surface area contributed by atoms with Crippen LogP contribution in [-0.4, -0.2) is 28.2 Å². The van der Waals surface area contributed by atoms with Crippen LogP contribution in [0.2, 0.25) is 0 Å². The molecule has 0 aliphatic rings. The molecule has 2 aromatic heterocycles. The topological polar surface area (TPSA) is 81.1 Å². The summed E-state index contributed by atoms with van der Waals surface area (Å²) in [5.41, 5.74) is 6.62. The molecular weight excluding hydrogens is 262 g/mol. The third kappa shape index (κ3) is 3.66. The second-order valence-corrected chi connectivity index (χ2v) is 5.08. The molecule has 0 unspecified atom stereocenters. The largest absolute Gasteiger partial charge is 0.375 e. The molecule has 0 aliphatic heterocycles. The Morgan fingerprint density at radius 2 is 2.05 bits per heavy atom. The molecule has 0 radical (unpaired) electrons. The zero-order valence-corrected chi connectivity index (χ0v) is 12.1. The molecule has 2 N–H and O–H groups in total. The summed E-state index contributed by atoms with van der Waals surface area (Å²) in [6.07, 6.45) is 2.59. The lowest BCUT2D eigenvalue weighted by molar-refractivity contribution is 0.374. The molecule has 104 valence electrons. The molecule has 0 amide bonds. The van der Waals surface area contributed by atoms with Gasteiger partial charge in [-0.3, -0.25) is 0 Å². The first-order valence-electron chi connectivity index (χ1n) is 6.50. The van der Waals surface area contributed by atoms with Crippen molar-refractivity contribution < 1.29 is 4.52 Å². The van der Waals surface area contributed by atoms with E-state index in [1.54, 1.807) is 0 Å². The number of hydrogen-bond donors (Lipinski definition) is 1. The zero-order chi connectivity index (χ0) is 13.7. The number of hydrogen-bond acceptors (Lipinski definition) is 7. The highest BCUT2D eigenvalue weighted by Gasteiger charge is 2.11. The van der Waals surface area contributed by atoms with Crippen LogP contribution in [0, 0.1) is 0 Å². The molecule has 0 atom stereocenters. The van der Waals surface area contributed by atoms with Crippen molar-refractivity contribution in [1.82, 2.24) is 15.1 Å². The molecule has 0 fully saturated rings. The van der Waals surface area contributed by atoms with Gasteiger partial charge in [-0.1, -0.05) is 0 Å². The lowest BCUT2D eigenvalue weighted by atomic mass is 10.2. The van der Waals surface area contributed by atoms with E-state index < -0.39 is 0 Å². The van der Waals surface area contributed by atoms with Crippen LogP contribution in [0.25, 0.3) is 0 Å². The Hall–Kier alpha value is -1.63. The highest BCUT2D eigenvalue weighted by atomic mass is 32.1. The third-order valence-corrected chi connectivity index (χ3v) is 3.62. The van der Waals surface area contributed by atoms with Gasteiger partial charge >= 0.3 is 0 Å². The highest BCUT2D eigenvalue weighted by molar-refractivity contribution is 7.13. The minimum absolute atomic E-state index is 0.622. The molecule has 19 heavy (non-hydrogen) atoms. The number of nitrogens with two attached hydrogens (primary N) is 1. The number of nitrogens with zero attached hydrogens (tertiary/aromatic N) is 4. The van der Waals surface area contributed by atoms with Gasteiger partial charge < -0.3 is 15.2 Å². The van der Waals surface area contributed by atoms with Crippen molar-refractivity contribution in [2.24, 2.45) is 0 Å². The van der Waals surface area contributed by atoms with E-state index in [9.17, 15) is 0 Å². The van der Waals surface area contributed by atoms with Crippen molar-refractivity contribution in [3.8, 4) is 0 Å². The van der Waals surface area contributed by atoms with Crippen molar-refractivity contribution in [2.45, 2.75) is 33.1 Å². The minimum Gasteiger partial charge on any atom is -0.375 e. The van der Waals surface area contributed by atoms with Crippen LogP contribution in [0.4, 0.5) is 11.1 Å². The molecular formula is C12H19N5OS. The van der Waals surface area contributed by atoms with E-state index in [0.717, 1.165) is 38.0 Å². The number of nitrogen functional groups attached to an aromatic ring is 1. The molecule has 2 rings (SSSR count). The average Bonchev–Trinajstić information content (AvgIpc) is 3.01. The number of thiazole rings is 1. The van der Waals surface area contributed by atoms with Gasteiger partial charge in [-0.2, -0.15) is 4.98 Å². The van der Waals surface area contributed by atoms with Crippen molar-refractivity contribution in [3.63, 3.8) is 0 Å². The van der Waals surface area contributed by atoms with Gasteiger partial charge in [0.25, 0.3) is 5.95 Å². The Morgan fingerprint density at radius 1 is 1.26 bits per heavy atom. The Bertz CT molecular complexity index is 506. The van der Waals surface area contributed by atoms with Crippen molar-refractivity contribution >= 4 is 22.4 Å². The van der Waals surface area contributed by atoms with Gasteiger partial charge in [-0.25, -0.2) is 4.98 Å². The smallest absolute Gasteiger partial charge is 0.266 e. The monoisotopic (exact) mass is 281 g/mol. The summed E-state index contributed by atoms with van der Waals surface area (Å²) >= 11 is 1.47. The molecule has 0 aromatic carbocycles. The van der Waals surface area contributed by atoms with Crippen LogP contribution in [0.5, 0.6) is 0 Å². The van der Waals surface area contributed by atoms with Crippen LogP contribution in [0.3, 0.4) is 0 Å². The van der Waals surface area contributed by atoms with Gasteiger partial charge in [0.1, 0.15) is 0 Å². The molecule has 7 heteroatoms. The molecule has 0 saturated heterocycles. The van der Waals surface area contributed by atoms with Gasteiger partial charge in [0.05, 0.1) is 5.69 Å². The van der Waals surface area contributed by atoms with Crippen molar-refractivity contribution in [1.29, 1.82) is 0 Å². The van der Waals surface area contributed by atoms with E-state index >= 15 is 0 Å². The van der Waals surface area contributed by atoms with Gasteiger partial charge in [0, 0.05) is 24.9 Å². The summed E-state index contributed by atoms with van der Waals surface area (Å²) < 4.78 is 5.25. The Balaban J connectivity index is 1.83. The molecule has 0 aliphatic carbocycles. The lowest BCUT2D eigenvalue weighted by Crippen LogP contribution is -2.22. The lowest BCUT2D eigenvalue weighted by Gasteiger charge is -2.14. The third-order valence-electron chi connectivity index (χ3n) is 2.90. The first-order valence-corrected chi connectivity index (χ1v) is 7.38. The Morgan fingerprint density at radius 3 is 2.68 bits per heavy atom. The maximum atomic E-state index is 5.59. The van der Waals surface area contributed by atoms with Crippen LogP contribution >= 0.6 is 11.3 Å². The van der Waals surface area contributed by atoms with E-state index in [0.29, 0.717) is 17.0 Å². The fraction of sp³-hybridized carbons (Fsp3) is 0.583. The number of anilines is 2. The van der Waals surface area contributed by atoms with Gasteiger partial charge in [0.15, 0.2) is 5.13 Å². The van der Waals surface area contributed by atoms with Crippen LogP contribution in [0.15, 0.2) is 9.90 Å². The van der Waals surface area contributed by atoms with E-state index in [-0.39, 0.29) is 0 Å². The summed E-state index contributed by atoms with van der Waals surface area (Å²) in [6, 6.07) is 0. The number of aromatic nitrogens is 3. The number of rotatable bonds is 7. The van der Waals surface area contributed by atoms with E-state index in [4.69, 9.17) is 10.3 Å². The second-order valence-electron chi connectivity index (χ2n) is 4.19. The molecule has 0 bridgehead atoms. The summed E-state index contributed by atoms with van der Waals surface area (Å²) in [5, 5.41) is 6.61. The van der Waals surface area contributed by atoms with Crippen molar-refractivity contribution in [2.75, 3.05) is 23.7 Å². The van der Waals surface area contributed by atoms with Crippen LogP contribution < -0.4 is 10.6 Å². The number of aryl methyl sites for hydroxylation is 2. The van der Waals surface area contributed by atoms with Crippen LogP contribution in [-0.2, 0) is 12.8 Å². The van der Waals surface area contributed by atoms with Gasteiger partial charge in [-0.15, -0.1) is 11.3 Å². The second kappa shape index (κ2) is 6.51. The molecule has 0 saturated carbocycles.